The molecule has 0 saturated carbocycles. The van der Waals surface area contributed by atoms with Crippen molar-refractivity contribution in [3.8, 4) is 0 Å². The summed E-state index contributed by atoms with van der Waals surface area (Å²) in [4.78, 5) is 23.0. The van der Waals surface area contributed by atoms with Gasteiger partial charge < -0.3 is 10.6 Å². The van der Waals surface area contributed by atoms with E-state index in [1.54, 1.807) is 0 Å². The summed E-state index contributed by atoms with van der Waals surface area (Å²) in [6, 6.07) is 4.90. The molecule has 0 bridgehead atoms. The first kappa shape index (κ1) is 14.2. The first-order valence-electron chi connectivity index (χ1n) is 5.86. The van der Waals surface area contributed by atoms with E-state index in [0.717, 1.165) is 6.42 Å². The average molecular weight is 252 g/mol. The van der Waals surface area contributed by atoms with Crippen molar-refractivity contribution < 1.29 is 14.0 Å². The van der Waals surface area contributed by atoms with E-state index in [1.807, 2.05) is 13.8 Å². The lowest BCUT2D eigenvalue weighted by Crippen LogP contribution is -2.42. The normalized spacial score (nSPS) is 11.7. The SMILES string of the molecule is CCC(C)NC(=O)NCC(=O)c1ccc(F)cc1. The Hall–Kier alpha value is -1.91. The van der Waals surface area contributed by atoms with Gasteiger partial charge in [0.05, 0.1) is 6.54 Å². The van der Waals surface area contributed by atoms with Crippen LogP contribution < -0.4 is 10.6 Å². The number of nitrogens with one attached hydrogen (secondary N) is 2. The van der Waals surface area contributed by atoms with Crippen molar-refractivity contribution in [2.45, 2.75) is 26.3 Å². The van der Waals surface area contributed by atoms with Gasteiger partial charge in [0.15, 0.2) is 5.78 Å². The summed E-state index contributed by atoms with van der Waals surface area (Å²) in [5, 5.41) is 5.15. The molecule has 1 rings (SSSR count). The highest BCUT2D eigenvalue weighted by Gasteiger charge is 2.09. The fourth-order valence-corrected chi connectivity index (χ4v) is 1.28. The van der Waals surface area contributed by atoms with Gasteiger partial charge in [0, 0.05) is 11.6 Å². The van der Waals surface area contributed by atoms with Crippen LogP contribution in [0.1, 0.15) is 30.6 Å². The van der Waals surface area contributed by atoms with E-state index in [-0.39, 0.29) is 24.4 Å². The number of halogens is 1. The van der Waals surface area contributed by atoms with Crippen LogP contribution in [0.4, 0.5) is 9.18 Å². The van der Waals surface area contributed by atoms with E-state index in [2.05, 4.69) is 10.6 Å². The molecular formula is C13H17FN2O2. The minimum Gasteiger partial charge on any atom is -0.336 e. The van der Waals surface area contributed by atoms with Gasteiger partial charge in [-0.25, -0.2) is 9.18 Å². The van der Waals surface area contributed by atoms with Gasteiger partial charge >= 0.3 is 6.03 Å². The van der Waals surface area contributed by atoms with Gasteiger partial charge in [0.25, 0.3) is 0 Å². The number of ketones is 1. The Morgan fingerprint density at radius 2 is 1.89 bits per heavy atom. The number of rotatable bonds is 5. The lowest BCUT2D eigenvalue weighted by atomic mass is 10.1. The molecule has 1 atom stereocenters. The molecular weight excluding hydrogens is 235 g/mol. The van der Waals surface area contributed by atoms with Crippen LogP contribution in [-0.4, -0.2) is 24.4 Å². The molecule has 0 saturated heterocycles. The highest BCUT2D eigenvalue weighted by molar-refractivity contribution is 5.99. The monoisotopic (exact) mass is 252 g/mol. The molecule has 18 heavy (non-hydrogen) atoms. The predicted molar refractivity (Wildman–Crippen MR) is 67.0 cm³/mol. The maximum atomic E-state index is 12.7. The van der Waals surface area contributed by atoms with Gasteiger partial charge in [0.2, 0.25) is 0 Å². The smallest absolute Gasteiger partial charge is 0.315 e. The number of carbonyl (C=O) groups excluding carboxylic acids is 2. The molecule has 0 spiro atoms. The van der Waals surface area contributed by atoms with Crippen LogP contribution in [-0.2, 0) is 0 Å². The van der Waals surface area contributed by atoms with E-state index in [4.69, 9.17) is 0 Å². The number of urea groups is 1. The van der Waals surface area contributed by atoms with E-state index < -0.39 is 5.82 Å². The molecule has 4 nitrogen and oxygen atoms in total. The molecule has 0 aromatic heterocycles. The summed E-state index contributed by atoms with van der Waals surface area (Å²) in [6.45, 7) is 3.73. The highest BCUT2D eigenvalue weighted by atomic mass is 19.1. The molecule has 2 N–H and O–H groups in total. The zero-order valence-electron chi connectivity index (χ0n) is 10.5. The maximum absolute atomic E-state index is 12.7. The number of hydrogen-bond acceptors (Lipinski definition) is 2. The fourth-order valence-electron chi connectivity index (χ4n) is 1.28. The third-order valence-electron chi connectivity index (χ3n) is 2.57. The molecule has 1 unspecified atom stereocenters. The maximum Gasteiger partial charge on any atom is 0.315 e. The second-order valence-corrected chi connectivity index (χ2v) is 4.07. The summed E-state index contributed by atoms with van der Waals surface area (Å²) >= 11 is 0. The number of amides is 2. The summed E-state index contributed by atoms with van der Waals surface area (Å²) in [5.41, 5.74) is 0.375. The van der Waals surface area contributed by atoms with Crippen molar-refractivity contribution in [1.29, 1.82) is 0 Å². The lowest BCUT2D eigenvalue weighted by molar-refractivity contribution is 0.0992. The number of Topliss-reactive ketones (excluding diaryl/α,β-unsaturated/α-hetero) is 1. The molecule has 1 aromatic rings. The van der Waals surface area contributed by atoms with Crippen molar-refractivity contribution in [2.75, 3.05) is 6.54 Å². The van der Waals surface area contributed by atoms with Gasteiger partial charge in [-0.3, -0.25) is 4.79 Å². The summed E-state index contributed by atoms with van der Waals surface area (Å²) in [7, 11) is 0. The summed E-state index contributed by atoms with van der Waals surface area (Å²) < 4.78 is 12.7. The molecule has 0 radical (unpaired) electrons. The van der Waals surface area contributed by atoms with E-state index in [0.29, 0.717) is 5.56 Å². The molecule has 0 aliphatic heterocycles. The largest absolute Gasteiger partial charge is 0.336 e. The highest BCUT2D eigenvalue weighted by Crippen LogP contribution is 2.03. The number of benzene rings is 1. The summed E-state index contributed by atoms with van der Waals surface area (Å²) in [5.74, 6) is -0.650. The van der Waals surface area contributed by atoms with Gasteiger partial charge in [-0.05, 0) is 37.6 Å². The number of hydrogen-bond donors (Lipinski definition) is 2. The molecule has 0 heterocycles. The van der Waals surface area contributed by atoms with Crippen LogP contribution in [0.3, 0.4) is 0 Å². The topological polar surface area (TPSA) is 58.2 Å². The van der Waals surface area contributed by atoms with Gasteiger partial charge in [0.1, 0.15) is 5.82 Å². The van der Waals surface area contributed by atoms with Crippen molar-refractivity contribution in [3.05, 3.63) is 35.6 Å². The second-order valence-electron chi connectivity index (χ2n) is 4.07. The first-order valence-corrected chi connectivity index (χ1v) is 5.86. The van der Waals surface area contributed by atoms with Crippen LogP contribution in [0, 0.1) is 5.82 Å². The predicted octanol–water partition coefficient (Wildman–Crippen LogP) is 2.11. The van der Waals surface area contributed by atoms with Crippen molar-refractivity contribution in [2.24, 2.45) is 0 Å². The van der Waals surface area contributed by atoms with E-state index in [9.17, 15) is 14.0 Å². The average Bonchev–Trinajstić information content (AvgIpc) is 2.36. The minimum absolute atomic E-state index is 0.0610. The molecule has 5 heteroatoms. The van der Waals surface area contributed by atoms with Crippen molar-refractivity contribution >= 4 is 11.8 Å². The molecule has 0 aliphatic rings. The van der Waals surface area contributed by atoms with E-state index >= 15 is 0 Å². The van der Waals surface area contributed by atoms with Crippen LogP contribution in [0.25, 0.3) is 0 Å². The molecule has 98 valence electrons. The van der Waals surface area contributed by atoms with Crippen LogP contribution in [0.5, 0.6) is 0 Å². The molecule has 1 aromatic carbocycles. The van der Waals surface area contributed by atoms with Gasteiger partial charge in [-0.2, -0.15) is 0 Å². The molecule has 0 fully saturated rings. The third kappa shape index (κ3) is 4.53. The standard InChI is InChI=1S/C13H17FN2O2/c1-3-9(2)16-13(18)15-8-12(17)10-4-6-11(14)7-5-10/h4-7,9H,3,8H2,1-2H3,(H2,15,16,18). The Balaban J connectivity index is 2.41. The Labute approximate surface area is 106 Å². The fraction of sp³-hybridized carbons (Fsp3) is 0.385. The van der Waals surface area contributed by atoms with Gasteiger partial charge in [-0.15, -0.1) is 0 Å². The van der Waals surface area contributed by atoms with Crippen molar-refractivity contribution in [1.82, 2.24) is 10.6 Å². The Kier molecular flexibility index (Phi) is 5.30. The second kappa shape index (κ2) is 6.74. The summed E-state index contributed by atoms with van der Waals surface area (Å²) in [6.07, 6.45) is 0.819. The molecule has 2 amide bonds. The zero-order valence-corrected chi connectivity index (χ0v) is 10.5. The number of carbonyl (C=O) groups is 2. The Morgan fingerprint density at radius 1 is 1.28 bits per heavy atom. The van der Waals surface area contributed by atoms with E-state index in [1.165, 1.54) is 24.3 Å². The lowest BCUT2D eigenvalue weighted by Gasteiger charge is -2.12. The van der Waals surface area contributed by atoms with Crippen LogP contribution >= 0.6 is 0 Å². The Morgan fingerprint density at radius 3 is 2.44 bits per heavy atom. The zero-order chi connectivity index (χ0) is 13.5. The quantitative estimate of drug-likeness (QED) is 0.788. The van der Waals surface area contributed by atoms with Crippen molar-refractivity contribution in [3.63, 3.8) is 0 Å². The third-order valence-corrected chi connectivity index (χ3v) is 2.57. The Bertz CT molecular complexity index is 418. The molecule has 0 aliphatic carbocycles. The van der Waals surface area contributed by atoms with Crippen LogP contribution in [0.2, 0.25) is 0 Å². The minimum atomic E-state index is -0.394. The van der Waals surface area contributed by atoms with Gasteiger partial charge in [-0.1, -0.05) is 6.92 Å². The van der Waals surface area contributed by atoms with Crippen LogP contribution in [0.15, 0.2) is 24.3 Å². The first-order chi connectivity index (χ1) is 8.52.